The van der Waals surface area contributed by atoms with Gasteiger partial charge < -0.3 is 5.11 Å². The van der Waals surface area contributed by atoms with Crippen LogP contribution in [0.5, 0.6) is 0 Å². The smallest absolute Gasteiger partial charge is 0.316 e. The SMILES string of the molecule is CCCC(SCC)C(=O)O. The second-order valence-electron chi connectivity index (χ2n) is 2.07. The van der Waals surface area contributed by atoms with Crippen molar-refractivity contribution in [3.8, 4) is 0 Å². The van der Waals surface area contributed by atoms with Gasteiger partial charge in [-0.25, -0.2) is 0 Å². The zero-order valence-corrected chi connectivity index (χ0v) is 7.28. The third-order valence-corrected chi connectivity index (χ3v) is 2.37. The Morgan fingerprint density at radius 2 is 2.20 bits per heavy atom. The number of thioether (sulfide) groups is 1. The highest BCUT2D eigenvalue weighted by atomic mass is 32.2. The van der Waals surface area contributed by atoms with Crippen molar-refractivity contribution >= 4 is 17.7 Å². The van der Waals surface area contributed by atoms with E-state index in [9.17, 15) is 4.79 Å². The first-order valence-corrected chi connectivity index (χ1v) is 4.61. The van der Waals surface area contributed by atoms with Crippen LogP contribution in [0, 0.1) is 0 Å². The largest absolute Gasteiger partial charge is 0.480 e. The Hall–Kier alpha value is -0.180. The average molecular weight is 162 g/mol. The van der Waals surface area contributed by atoms with Crippen molar-refractivity contribution in [2.24, 2.45) is 0 Å². The van der Waals surface area contributed by atoms with Gasteiger partial charge in [0.15, 0.2) is 0 Å². The van der Waals surface area contributed by atoms with Gasteiger partial charge in [-0.15, -0.1) is 11.8 Å². The highest BCUT2D eigenvalue weighted by Gasteiger charge is 2.14. The topological polar surface area (TPSA) is 37.3 Å². The zero-order valence-electron chi connectivity index (χ0n) is 6.46. The Bertz CT molecular complexity index is 97.8. The summed E-state index contributed by atoms with van der Waals surface area (Å²) in [6.07, 6.45) is 1.73. The van der Waals surface area contributed by atoms with Crippen LogP contribution in [0.15, 0.2) is 0 Å². The molecule has 0 fully saturated rings. The molecule has 0 aliphatic carbocycles. The van der Waals surface area contributed by atoms with E-state index in [-0.39, 0.29) is 5.25 Å². The first-order chi connectivity index (χ1) is 4.72. The van der Waals surface area contributed by atoms with Crippen molar-refractivity contribution in [3.63, 3.8) is 0 Å². The number of carboxylic acids is 1. The van der Waals surface area contributed by atoms with Crippen LogP contribution in [-0.4, -0.2) is 22.1 Å². The third kappa shape index (κ3) is 3.77. The molecule has 60 valence electrons. The molecule has 0 aromatic carbocycles. The van der Waals surface area contributed by atoms with Gasteiger partial charge in [0.1, 0.15) is 5.25 Å². The van der Waals surface area contributed by atoms with E-state index in [0.717, 1.165) is 18.6 Å². The lowest BCUT2D eigenvalue weighted by atomic mass is 10.2. The summed E-state index contributed by atoms with van der Waals surface area (Å²) in [5, 5.41) is 8.43. The lowest BCUT2D eigenvalue weighted by molar-refractivity contribution is -0.136. The molecule has 0 aromatic heterocycles. The molecule has 0 saturated carbocycles. The van der Waals surface area contributed by atoms with Crippen molar-refractivity contribution < 1.29 is 9.90 Å². The second-order valence-corrected chi connectivity index (χ2v) is 3.55. The van der Waals surface area contributed by atoms with E-state index in [2.05, 4.69) is 0 Å². The van der Waals surface area contributed by atoms with Crippen LogP contribution in [0.2, 0.25) is 0 Å². The van der Waals surface area contributed by atoms with Gasteiger partial charge in [-0.2, -0.15) is 0 Å². The predicted molar refractivity (Wildman–Crippen MR) is 44.5 cm³/mol. The number of aliphatic carboxylic acids is 1. The number of hydrogen-bond donors (Lipinski definition) is 1. The van der Waals surface area contributed by atoms with E-state index in [1.165, 1.54) is 11.8 Å². The molecular weight excluding hydrogens is 148 g/mol. The molecule has 0 radical (unpaired) electrons. The molecule has 0 heterocycles. The van der Waals surface area contributed by atoms with Gasteiger partial charge in [-0.1, -0.05) is 20.3 Å². The van der Waals surface area contributed by atoms with E-state index in [0.29, 0.717) is 0 Å². The highest BCUT2D eigenvalue weighted by molar-refractivity contribution is 8.00. The molecule has 0 aliphatic rings. The summed E-state index contributed by atoms with van der Waals surface area (Å²) in [4.78, 5) is 10.5. The van der Waals surface area contributed by atoms with Gasteiger partial charge >= 0.3 is 5.97 Å². The maximum Gasteiger partial charge on any atom is 0.316 e. The maximum absolute atomic E-state index is 10.5. The van der Waals surface area contributed by atoms with Crippen LogP contribution in [-0.2, 0) is 4.79 Å². The van der Waals surface area contributed by atoms with Crippen LogP contribution < -0.4 is 0 Å². The minimum Gasteiger partial charge on any atom is -0.480 e. The Morgan fingerprint density at radius 1 is 1.60 bits per heavy atom. The van der Waals surface area contributed by atoms with Crippen molar-refractivity contribution in [2.75, 3.05) is 5.75 Å². The van der Waals surface area contributed by atoms with Gasteiger partial charge in [0.25, 0.3) is 0 Å². The normalized spacial score (nSPS) is 13.0. The van der Waals surface area contributed by atoms with Crippen LogP contribution in [0.25, 0.3) is 0 Å². The highest BCUT2D eigenvalue weighted by Crippen LogP contribution is 2.15. The molecule has 1 N–H and O–H groups in total. The Morgan fingerprint density at radius 3 is 2.50 bits per heavy atom. The van der Waals surface area contributed by atoms with Gasteiger partial charge in [-0.05, 0) is 12.2 Å². The van der Waals surface area contributed by atoms with E-state index in [4.69, 9.17) is 5.11 Å². The fourth-order valence-electron chi connectivity index (χ4n) is 0.741. The fraction of sp³-hybridized carbons (Fsp3) is 0.857. The van der Waals surface area contributed by atoms with Gasteiger partial charge in [-0.3, -0.25) is 4.79 Å². The summed E-state index contributed by atoms with van der Waals surface area (Å²) in [6, 6.07) is 0. The van der Waals surface area contributed by atoms with Gasteiger partial charge in [0, 0.05) is 0 Å². The molecule has 1 unspecified atom stereocenters. The molecule has 0 spiro atoms. The average Bonchev–Trinajstić information content (AvgIpc) is 1.87. The minimum absolute atomic E-state index is 0.185. The van der Waals surface area contributed by atoms with E-state index < -0.39 is 5.97 Å². The van der Waals surface area contributed by atoms with Crippen LogP contribution >= 0.6 is 11.8 Å². The third-order valence-electron chi connectivity index (χ3n) is 1.19. The molecule has 0 bridgehead atoms. The maximum atomic E-state index is 10.5. The molecular formula is C7H14O2S. The lowest BCUT2D eigenvalue weighted by Crippen LogP contribution is -2.15. The van der Waals surface area contributed by atoms with Crippen molar-refractivity contribution in [1.82, 2.24) is 0 Å². The summed E-state index contributed by atoms with van der Waals surface area (Å²) >= 11 is 1.51. The quantitative estimate of drug-likeness (QED) is 0.671. The molecule has 0 aliphatic heterocycles. The Kier molecular flexibility index (Phi) is 5.49. The number of carboxylic acid groups (broad SMARTS) is 1. The fourth-order valence-corrected chi connectivity index (χ4v) is 1.69. The molecule has 10 heavy (non-hydrogen) atoms. The summed E-state index contributed by atoms with van der Waals surface area (Å²) in [7, 11) is 0. The molecule has 0 amide bonds. The lowest BCUT2D eigenvalue weighted by Gasteiger charge is -2.07. The standard InChI is InChI=1S/C7H14O2S/c1-3-5-6(7(8)9)10-4-2/h6H,3-5H2,1-2H3,(H,8,9). The number of carbonyl (C=O) groups is 1. The van der Waals surface area contributed by atoms with Crippen LogP contribution in [0.1, 0.15) is 26.7 Å². The van der Waals surface area contributed by atoms with Gasteiger partial charge in [0.2, 0.25) is 0 Å². The monoisotopic (exact) mass is 162 g/mol. The number of rotatable bonds is 5. The molecule has 0 rings (SSSR count). The van der Waals surface area contributed by atoms with Crippen LogP contribution in [0.4, 0.5) is 0 Å². The molecule has 1 atom stereocenters. The Balaban J connectivity index is 3.61. The predicted octanol–water partition coefficient (Wildman–Crippen LogP) is 1.99. The van der Waals surface area contributed by atoms with E-state index >= 15 is 0 Å². The zero-order chi connectivity index (χ0) is 7.98. The van der Waals surface area contributed by atoms with Crippen LogP contribution in [0.3, 0.4) is 0 Å². The summed E-state index contributed by atoms with van der Waals surface area (Å²) in [5.41, 5.74) is 0. The number of hydrogen-bond acceptors (Lipinski definition) is 2. The molecule has 2 nitrogen and oxygen atoms in total. The second kappa shape index (κ2) is 5.59. The van der Waals surface area contributed by atoms with Crippen molar-refractivity contribution in [2.45, 2.75) is 31.9 Å². The first kappa shape index (κ1) is 9.82. The van der Waals surface area contributed by atoms with E-state index in [1.54, 1.807) is 0 Å². The molecule has 3 heteroatoms. The van der Waals surface area contributed by atoms with Crippen molar-refractivity contribution in [1.29, 1.82) is 0 Å². The minimum atomic E-state index is -0.672. The summed E-state index contributed by atoms with van der Waals surface area (Å²) < 4.78 is 0. The van der Waals surface area contributed by atoms with Crippen molar-refractivity contribution in [3.05, 3.63) is 0 Å². The molecule has 0 saturated heterocycles. The summed E-state index contributed by atoms with van der Waals surface area (Å²) in [6.45, 7) is 3.99. The van der Waals surface area contributed by atoms with Gasteiger partial charge in [0.05, 0.1) is 0 Å². The van der Waals surface area contributed by atoms with E-state index in [1.807, 2.05) is 13.8 Å². The molecule has 0 aromatic rings. The Labute approximate surface area is 66.0 Å². The summed E-state index contributed by atoms with van der Waals surface area (Å²) in [5.74, 6) is 0.213. The first-order valence-electron chi connectivity index (χ1n) is 3.56.